The van der Waals surface area contributed by atoms with Crippen molar-refractivity contribution in [1.82, 2.24) is 0 Å². The van der Waals surface area contributed by atoms with Crippen molar-refractivity contribution in [3.8, 4) is 0 Å². The van der Waals surface area contributed by atoms with Crippen molar-refractivity contribution in [1.29, 1.82) is 0 Å². The van der Waals surface area contributed by atoms with E-state index in [9.17, 15) is 9.59 Å². The number of rotatable bonds is 11. The van der Waals surface area contributed by atoms with Gasteiger partial charge in [-0.05, 0) is 70.6 Å². The second-order valence-corrected chi connectivity index (χ2v) is 21.1. The third-order valence-electron chi connectivity index (χ3n) is 4.90. The quantitative estimate of drug-likeness (QED) is 0.487. The summed E-state index contributed by atoms with van der Waals surface area (Å²) in [5.41, 5.74) is -0.450. The molecule has 0 saturated carbocycles. The first-order valence-corrected chi connectivity index (χ1v) is 17.9. The largest absolute Gasteiger partial charge is 0.519 e. The number of hydrogen-bond acceptors (Lipinski definition) is 4. The lowest BCUT2D eigenvalue weighted by Gasteiger charge is -2.34. The lowest BCUT2D eigenvalue weighted by atomic mass is 9.88. The smallest absolute Gasteiger partial charge is 0.318 e. The average Bonchev–Trinajstić information content (AvgIpc) is 2.41. The highest BCUT2D eigenvalue weighted by atomic mass is 28.4. The molecule has 0 bridgehead atoms. The van der Waals surface area contributed by atoms with Crippen molar-refractivity contribution in [2.24, 2.45) is 5.41 Å². The van der Waals surface area contributed by atoms with Crippen molar-refractivity contribution >= 4 is 31.2 Å². The molecule has 0 radical (unpaired) electrons. The van der Waals surface area contributed by atoms with Gasteiger partial charge in [0.15, 0.2) is 8.32 Å². The van der Waals surface area contributed by atoms with Crippen LogP contribution < -0.4 is 0 Å². The van der Waals surface area contributed by atoms with E-state index in [1.807, 2.05) is 26.9 Å². The fourth-order valence-electron chi connectivity index (χ4n) is 3.09. The molecule has 0 saturated heterocycles. The maximum absolute atomic E-state index is 12.7. The second-order valence-electron chi connectivity index (χ2n) is 8.68. The molecule has 7 heteroatoms. The first-order chi connectivity index (χ1) is 10.7. The van der Waals surface area contributed by atoms with E-state index in [1.165, 1.54) is 0 Å². The minimum atomic E-state index is -2.48. The lowest BCUT2D eigenvalue weighted by Crippen LogP contribution is -2.45. The summed E-state index contributed by atoms with van der Waals surface area (Å²) in [7, 11) is -6.24. The van der Waals surface area contributed by atoms with Crippen molar-refractivity contribution in [3.05, 3.63) is 0 Å². The predicted octanol–water partition coefficient (Wildman–Crippen LogP) is 5.26. The number of carbonyl (C=O) groups is 1. The molecule has 0 aromatic heterocycles. The van der Waals surface area contributed by atoms with Crippen LogP contribution in [0.4, 0.5) is 0 Å². The van der Waals surface area contributed by atoms with Gasteiger partial charge in [-0.1, -0.05) is 27.2 Å². The van der Waals surface area contributed by atoms with Gasteiger partial charge in [-0.25, -0.2) is 0 Å². The third kappa shape index (κ3) is 8.42. The first kappa shape index (κ1) is 24.0. The number of carbonyl (C=O) groups excluding carboxylic acids is 1. The molecule has 0 atom stereocenters. The van der Waals surface area contributed by atoms with Gasteiger partial charge in [-0.15, -0.1) is 0 Å². The Morgan fingerprint density at radius 1 is 1.00 bits per heavy atom. The molecule has 24 heavy (non-hydrogen) atoms. The van der Waals surface area contributed by atoms with Crippen LogP contribution in [0.15, 0.2) is 0 Å². The summed E-state index contributed by atoms with van der Waals surface area (Å²) in [5.74, 6) is -0.0306. The van der Waals surface area contributed by atoms with Crippen molar-refractivity contribution in [3.63, 3.8) is 0 Å². The van der Waals surface area contributed by atoms with Crippen molar-refractivity contribution in [2.75, 3.05) is 0 Å². The Labute approximate surface area is 152 Å². The van der Waals surface area contributed by atoms with Crippen LogP contribution in [0.5, 0.6) is 0 Å². The Kier molecular flexibility index (Phi) is 9.13. The fraction of sp³-hybridized carbons (Fsp3) is 0.941. The van der Waals surface area contributed by atoms with Gasteiger partial charge < -0.3 is 13.3 Å². The maximum atomic E-state index is 12.7. The summed E-state index contributed by atoms with van der Waals surface area (Å²) in [6.07, 6.45) is 1.74. The van der Waals surface area contributed by atoms with E-state index in [1.54, 1.807) is 0 Å². The van der Waals surface area contributed by atoms with E-state index in [2.05, 4.69) is 33.9 Å². The summed E-state index contributed by atoms with van der Waals surface area (Å²) in [6.45, 7) is 18.3. The van der Waals surface area contributed by atoms with E-state index in [-0.39, 0.29) is 5.97 Å². The van der Waals surface area contributed by atoms with Gasteiger partial charge >= 0.3 is 8.56 Å². The molecule has 4 nitrogen and oxygen atoms in total. The zero-order valence-electron chi connectivity index (χ0n) is 17.4. The highest BCUT2D eigenvalue weighted by Crippen LogP contribution is 2.32. The summed E-state index contributed by atoms with van der Waals surface area (Å²) in [4.78, 5) is 22.7. The van der Waals surface area contributed by atoms with Crippen LogP contribution in [-0.2, 0) is 13.3 Å². The molecule has 0 amide bonds. The molecule has 0 rings (SSSR count). The third-order valence-corrected chi connectivity index (χ3v) is 15.2. The predicted molar refractivity (Wildman–Crippen MR) is 109 cm³/mol. The van der Waals surface area contributed by atoms with Crippen LogP contribution in [0.2, 0.25) is 50.4 Å². The van der Waals surface area contributed by atoms with Crippen LogP contribution in [0.1, 0.15) is 47.5 Å². The zero-order valence-corrected chi connectivity index (χ0v) is 20.4. The summed E-state index contributed by atoms with van der Waals surface area (Å²) < 4.78 is 12.0. The minimum Gasteiger partial charge on any atom is -0.519 e. The van der Waals surface area contributed by atoms with Crippen molar-refractivity contribution < 1.29 is 18.1 Å². The Hall–Kier alpha value is 0.0406. The normalized spacial score (nSPS) is 13.9. The SMILES string of the molecule is CC[Si](CC)(CC)OC(=O)C(C)(C)CCC[Si](C)(C)O[Si](C)(C)O. The van der Waals surface area contributed by atoms with Crippen molar-refractivity contribution in [2.45, 2.75) is 97.8 Å². The molecule has 1 N–H and O–H groups in total. The standard InChI is InChI=1S/C17H40O4Si3/c1-10-24(11-2,12-3)20-16(18)17(4,5)14-13-15-22(6,7)21-23(8,9)19/h19H,10-15H2,1-9H3. The molecule has 0 aliphatic carbocycles. The molecule has 0 aromatic carbocycles. The van der Waals surface area contributed by atoms with Gasteiger partial charge in [-0.3, -0.25) is 4.79 Å². The summed E-state index contributed by atoms with van der Waals surface area (Å²) in [5, 5.41) is 0. The molecular formula is C17H40O4Si3. The van der Waals surface area contributed by atoms with E-state index in [0.717, 1.165) is 37.0 Å². The monoisotopic (exact) mass is 392 g/mol. The first-order valence-electron chi connectivity index (χ1n) is 9.38. The molecule has 0 spiro atoms. The van der Waals surface area contributed by atoms with E-state index < -0.39 is 30.6 Å². The molecule has 0 aromatic rings. The Morgan fingerprint density at radius 2 is 1.46 bits per heavy atom. The highest BCUT2D eigenvalue weighted by Gasteiger charge is 2.39. The molecular weight excluding hydrogens is 352 g/mol. The molecule has 0 fully saturated rings. The van der Waals surface area contributed by atoms with Gasteiger partial charge in [0.1, 0.15) is 0 Å². The second kappa shape index (κ2) is 9.12. The van der Waals surface area contributed by atoms with Gasteiger partial charge in [-0.2, -0.15) is 0 Å². The van der Waals surface area contributed by atoms with Crippen LogP contribution in [-0.4, -0.2) is 36.0 Å². The highest BCUT2D eigenvalue weighted by molar-refractivity contribution is 6.81. The lowest BCUT2D eigenvalue weighted by molar-refractivity contribution is -0.145. The van der Waals surface area contributed by atoms with E-state index in [4.69, 9.17) is 8.54 Å². The van der Waals surface area contributed by atoms with Gasteiger partial charge in [0.2, 0.25) is 0 Å². The minimum absolute atomic E-state index is 0.0306. The molecule has 0 aliphatic heterocycles. The molecule has 0 unspecified atom stereocenters. The van der Waals surface area contributed by atoms with E-state index >= 15 is 0 Å². The van der Waals surface area contributed by atoms with Gasteiger partial charge in [0.25, 0.3) is 14.3 Å². The number of hydrogen-bond donors (Lipinski definition) is 1. The Bertz CT molecular complexity index is 391. The van der Waals surface area contributed by atoms with Crippen LogP contribution in [0.25, 0.3) is 0 Å². The van der Waals surface area contributed by atoms with Crippen LogP contribution in [0, 0.1) is 5.41 Å². The summed E-state index contributed by atoms with van der Waals surface area (Å²) in [6, 6.07) is 3.93. The topological polar surface area (TPSA) is 55.8 Å². The maximum Gasteiger partial charge on any atom is 0.318 e. The van der Waals surface area contributed by atoms with Crippen LogP contribution in [0.3, 0.4) is 0 Å². The van der Waals surface area contributed by atoms with Gasteiger partial charge in [0, 0.05) is 0 Å². The molecule has 0 heterocycles. The Morgan fingerprint density at radius 3 is 1.83 bits per heavy atom. The average molecular weight is 393 g/mol. The van der Waals surface area contributed by atoms with E-state index in [0.29, 0.717) is 0 Å². The summed E-state index contributed by atoms with van der Waals surface area (Å²) >= 11 is 0. The molecule has 144 valence electrons. The fourth-order valence-corrected chi connectivity index (χ4v) is 12.5. The van der Waals surface area contributed by atoms with Gasteiger partial charge in [0.05, 0.1) is 5.41 Å². The Balaban J connectivity index is 4.66. The van der Waals surface area contributed by atoms with Crippen LogP contribution >= 0.6 is 0 Å². The zero-order chi connectivity index (χ0) is 19.2. The molecule has 0 aliphatic rings.